The fourth-order valence-electron chi connectivity index (χ4n) is 1.59. The van der Waals surface area contributed by atoms with Crippen LogP contribution in [0.1, 0.15) is 18.2 Å². The summed E-state index contributed by atoms with van der Waals surface area (Å²) in [5.41, 5.74) is 7.68. The lowest BCUT2D eigenvalue weighted by Gasteiger charge is -2.25. The highest BCUT2D eigenvalue weighted by Gasteiger charge is 2.21. The van der Waals surface area contributed by atoms with Gasteiger partial charge in [-0.2, -0.15) is 5.10 Å². The number of nitrogens with zero attached hydrogens (tertiary/aromatic N) is 2. The van der Waals surface area contributed by atoms with E-state index >= 15 is 0 Å². The summed E-state index contributed by atoms with van der Waals surface area (Å²) < 4.78 is 0. The van der Waals surface area contributed by atoms with Gasteiger partial charge in [0, 0.05) is 31.1 Å². The van der Waals surface area contributed by atoms with Crippen LogP contribution in [-0.2, 0) is 17.8 Å². The number of H-pyrrole nitrogens is 1. The zero-order valence-electron chi connectivity index (χ0n) is 7.50. The van der Waals surface area contributed by atoms with Gasteiger partial charge in [-0.15, -0.1) is 0 Å². The van der Waals surface area contributed by atoms with Crippen molar-refractivity contribution in [2.75, 3.05) is 12.3 Å². The van der Waals surface area contributed by atoms with Crippen molar-refractivity contribution in [2.24, 2.45) is 0 Å². The molecule has 70 valence electrons. The third-order valence-electron chi connectivity index (χ3n) is 2.41. The summed E-state index contributed by atoms with van der Waals surface area (Å²) in [6.45, 7) is 2.91. The first-order chi connectivity index (χ1) is 6.18. The molecule has 0 spiro atoms. The van der Waals surface area contributed by atoms with Crippen LogP contribution in [0, 0.1) is 0 Å². The van der Waals surface area contributed by atoms with Crippen molar-refractivity contribution in [1.29, 1.82) is 0 Å². The summed E-state index contributed by atoms with van der Waals surface area (Å²) >= 11 is 0. The molecule has 2 rings (SSSR count). The molecule has 1 amide bonds. The first-order valence-corrected chi connectivity index (χ1v) is 4.25. The van der Waals surface area contributed by atoms with Crippen molar-refractivity contribution in [3.05, 3.63) is 11.3 Å². The first kappa shape index (κ1) is 8.10. The molecule has 1 aromatic rings. The predicted molar refractivity (Wildman–Crippen MR) is 47.8 cm³/mol. The summed E-state index contributed by atoms with van der Waals surface area (Å²) in [5, 5.41) is 6.78. The standard InChI is InChI=1S/C8H12N4O/c1-5(13)12-3-2-7-6(4-12)8(9)11-10-7/h2-4H2,1H3,(H3,9,10,11). The van der Waals surface area contributed by atoms with Gasteiger partial charge in [-0.05, 0) is 0 Å². The van der Waals surface area contributed by atoms with Crippen molar-refractivity contribution < 1.29 is 4.79 Å². The van der Waals surface area contributed by atoms with E-state index in [-0.39, 0.29) is 5.91 Å². The van der Waals surface area contributed by atoms with Crippen molar-refractivity contribution in [3.8, 4) is 0 Å². The molecule has 0 bridgehead atoms. The van der Waals surface area contributed by atoms with E-state index in [9.17, 15) is 4.79 Å². The van der Waals surface area contributed by atoms with Gasteiger partial charge < -0.3 is 10.6 Å². The Morgan fingerprint density at radius 3 is 3.15 bits per heavy atom. The van der Waals surface area contributed by atoms with Crippen LogP contribution in [0.15, 0.2) is 0 Å². The fourth-order valence-corrected chi connectivity index (χ4v) is 1.59. The smallest absolute Gasteiger partial charge is 0.219 e. The maximum absolute atomic E-state index is 11.1. The van der Waals surface area contributed by atoms with Gasteiger partial charge in [-0.3, -0.25) is 9.89 Å². The second-order valence-corrected chi connectivity index (χ2v) is 3.26. The minimum absolute atomic E-state index is 0.0891. The number of amides is 1. The number of nitrogens with two attached hydrogens (primary N) is 1. The number of fused-ring (bicyclic) bond motifs is 1. The normalized spacial score (nSPS) is 15.6. The summed E-state index contributed by atoms with van der Waals surface area (Å²) in [6.07, 6.45) is 0.819. The lowest BCUT2D eigenvalue weighted by atomic mass is 10.1. The average Bonchev–Trinajstić information content (AvgIpc) is 2.47. The predicted octanol–water partition coefficient (Wildman–Crippen LogP) is -0.104. The van der Waals surface area contributed by atoms with Crippen LogP contribution in [-0.4, -0.2) is 27.5 Å². The zero-order valence-corrected chi connectivity index (χ0v) is 7.50. The van der Waals surface area contributed by atoms with Crippen LogP contribution >= 0.6 is 0 Å². The average molecular weight is 180 g/mol. The van der Waals surface area contributed by atoms with E-state index in [2.05, 4.69) is 10.2 Å². The second-order valence-electron chi connectivity index (χ2n) is 3.26. The minimum Gasteiger partial charge on any atom is -0.382 e. The molecule has 2 heterocycles. The highest BCUT2D eigenvalue weighted by atomic mass is 16.2. The number of aromatic nitrogens is 2. The summed E-state index contributed by atoms with van der Waals surface area (Å²) in [4.78, 5) is 12.9. The van der Waals surface area contributed by atoms with Crippen LogP contribution in [0.25, 0.3) is 0 Å². The van der Waals surface area contributed by atoms with Gasteiger partial charge in [0.25, 0.3) is 0 Å². The van der Waals surface area contributed by atoms with E-state index in [1.54, 1.807) is 11.8 Å². The fraction of sp³-hybridized carbons (Fsp3) is 0.500. The van der Waals surface area contributed by atoms with Gasteiger partial charge >= 0.3 is 0 Å². The molecule has 1 aromatic heterocycles. The van der Waals surface area contributed by atoms with Crippen LogP contribution in [0.5, 0.6) is 0 Å². The van der Waals surface area contributed by atoms with Crippen molar-refractivity contribution in [3.63, 3.8) is 0 Å². The Morgan fingerprint density at radius 1 is 1.69 bits per heavy atom. The molecule has 0 atom stereocenters. The van der Waals surface area contributed by atoms with Gasteiger partial charge in [0.2, 0.25) is 5.91 Å². The Morgan fingerprint density at radius 2 is 2.46 bits per heavy atom. The van der Waals surface area contributed by atoms with Gasteiger partial charge in [0.1, 0.15) is 5.82 Å². The molecule has 0 saturated heterocycles. The van der Waals surface area contributed by atoms with E-state index < -0.39 is 0 Å². The molecule has 3 N–H and O–H groups in total. The molecule has 1 aliphatic heterocycles. The summed E-state index contributed by atoms with van der Waals surface area (Å²) in [6, 6.07) is 0. The number of hydrogen-bond acceptors (Lipinski definition) is 3. The van der Waals surface area contributed by atoms with E-state index in [4.69, 9.17) is 5.73 Å². The van der Waals surface area contributed by atoms with Crippen molar-refractivity contribution in [1.82, 2.24) is 15.1 Å². The molecule has 0 fully saturated rings. The number of carbonyl (C=O) groups is 1. The molecule has 5 heteroatoms. The van der Waals surface area contributed by atoms with Crippen LogP contribution in [0.4, 0.5) is 5.82 Å². The number of anilines is 1. The number of hydrogen-bond donors (Lipinski definition) is 2. The molecule has 1 aliphatic rings. The van der Waals surface area contributed by atoms with Gasteiger partial charge in [-0.25, -0.2) is 0 Å². The Labute approximate surface area is 75.9 Å². The number of aromatic amines is 1. The molecule has 0 aliphatic carbocycles. The van der Waals surface area contributed by atoms with E-state index in [1.807, 2.05) is 0 Å². The molecule has 0 saturated carbocycles. The van der Waals surface area contributed by atoms with Gasteiger partial charge in [0.05, 0.1) is 6.54 Å². The van der Waals surface area contributed by atoms with Gasteiger partial charge in [-0.1, -0.05) is 0 Å². The molecule has 5 nitrogen and oxygen atoms in total. The van der Waals surface area contributed by atoms with E-state index in [1.165, 1.54) is 0 Å². The third kappa shape index (κ3) is 1.26. The van der Waals surface area contributed by atoms with Crippen molar-refractivity contribution >= 4 is 11.7 Å². The number of carbonyl (C=O) groups excluding carboxylic acids is 1. The Hall–Kier alpha value is -1.52. The Balaban J connectivity index is 2.27. The maximum atomic E-state index is 11.1. The largest absolute Gasteiger partial charge is 0.382 e. The highest BCUT2D eigenvalue weighted by Crippen LogP contribution is 2.21. The van der Waals surface area contributed by atoms with Crippen LogP contribution in [0.3, 0.4) is 0 Å². The lowest BCUT2D eigenvalue weighted by Crippen LogP contribution is -2.34. The lowest BCUT2D eigenvalue weighted by molar-refractivity contribution is -0.129. The first-order valence-electron chi connectivity index (χ1n) is 4.25. The SMILES string of the molecule is CC(=O)N1CCc2[nH]nc(N)c2C1. The minimum atomic E-state index is 0.0891. The Kier molecular flexibility index (Phi) is 1.72. The quantitative estimate of drug-likeness (QED) is 0.585. The van der Waals surface area contributed by atoms with Gasteiger partial charge in [0.15, 0.2) is 0 Å². The van der Waals surface area contributed by atoms with Crippen molar-refractivity contribution in [2.45, 2.75) is 19.9 Å². The topological polar surface area (TPSA) is 75.0 Å². The monoisotopic (exact) mass is 180 g/mol. The number of rotatable bonds is 0. The zero-order chi connectivity index (χ0) is 9.42. The van der Waals surface area contributed by atoms with E-state index in [0.717, 1.165) is 24.2 Å². The molecule has 13 heavy (non-hydrogen) atoms. The van der Waals surface area contributed by atoms with Crippen LogP contribution in [0.2, 0.25) is 0 Å². The molecular formula is C8H12N4O. The summed E-state index contributed by atoms with van der Waals surface area (Å²) in [5.74, 6) is 0.604. The maximum Gasteiger partial charge on any atom is 0.219 e. The summed E-state index contributed by atoms with van der Waals surface area (Å²) in [7, 11) is 0. The third-order valence-corrected chi connectivity index (χ3v) is 2.41. The molecule has 0 radical (unpaired) electrons. The molecule has 0 aromatic carbocycles. The molecular weight excluding hydrogens is 168 g/mol. The van der Waals surface area contributed by atoms with E-state index in [0.29, 0.717) is 12.4 Å². The number of nitrogen functional groups attached to an aromatic ring is 1. The van der Waals surface area contributed by atoms with Crippen LogP contribution < -0.4 is 5.73 Å². The number of nitrogens with one attached hydrogen (secondary N) is 1. The Bertz CT molecular complexity index is 344. The highest BCUT2D eigenvalue weighted by molar-refractivity contribution is 5.73. The second kappa shape index (κ2) is 2.76. The molecule has 0 unspecified atom stereocenters.